The van der Waals surface area contributed by atoms with Crippen LogP contribution in [0.2, 0.25) is 0 Å². The van der Waals surface area contributed by atoms with Crippen LogP contribution in [-0.4, -0.2) is 16.9 Å². The maximum Gasteiger partial charge on any atom is 0.240 e. The van der Waals surface area contributed by atoms with Crippen molar-refractivity contribution in [2.45, 2.75) is 20.8 Å². The molecule has 0 aromatic heterocycles. The van der Waals surface area contributed by atoms with E-state index in [4.69, 9.17) is 0 Å². The first-order valence-electron chi connectivity index (χ1n) is 3.81. The molecular weight excluding hydrogens is 190 g/mol. The van der Waals surface area contributed by atoms with Crippen LogP contribution in [0.15, 0.2) is 0 Å². The smallest absolute Gasteiger partial charge is 0.240 e. The second kappa shape index (κ2) is 5.47. The number of hydrogen-bond donors (Lipinski definition) is 3. The minimum atomic E-state index is -0.281. The first kappa shape index (κ1) is 11.8. The number of rotatable bonds is 1. The number of hydrogen-bond acceptors (Lipinski definition) is 3. The van der Waals surface area contributed by atoms with Gasteiger partial charge in [-0.2, -0.15) is 0 Å². The molecule has 0 radical (unpaired) electrons. The van der Waals surface area contributed by atoms with E-state index in [-0.39, 0.29) is 22.8 Å². The monoisotopic (exact) mass is 203 g/mol. The Bertz CT molecular complexity index is 228. The van der Waals surface area contributed by atoms with E-state index in [1.54, 1.807) is 13.8 Å². The summed E-state index contributed by atoms with van der Waals surface area (Å²) in [5.74, 6) is -0.600. The summed E-state index contributed by atoms with van der Waals surface area (Å²) in [6.45, 7) is 4.83. The van der Waals surface area contributed by atoms with Crippen molar-refractivity contribution in [3.05, 3.63) is 0 Å². The summed E-state index contributed by atoms with van der Waals surface area (Å²) >= 11 is 4.68. The molecule has 0 aliphatic carbocycles. The number of carbonyl (C=O) groups excluding carboxylic acids is 2. The maximum absolute atomic E-state index is 11.0. The van der Waals surface area contributed by atoms with Crippen LogP contribution in [0.3, 0.4) is 0 Å². The molecule has 0 aliphatic heterocycles. The molecule has 3 N–H and O–H groups in total. The van der Waals surface area contributed by atoms with Crippen LogP contribution in [-0.2, 0) is 9.59 Å². The molecule has 0 aromatic rings. The van der Waals surface area contributed by atoms with Crippen molar-refractivity contribution in [2.24, 2.45) is 5.92 Å². The zero-order valence-corrected chi connectivity index (χ0v) is 8.62. The minimum Gasteiger partial charge on any atom is -0.302 e. The van der Waals surface area contributed by atoms with Crippen molar-refractivity contribution in [1.29, 1.82) is 0 Å². The van der Waals surface area contributed by atoms with Gasteiger partial charge < -0.3 is 5.32 Å². The van der Waals surface area contributed by atoms with Gasteiger partial charge in [0.25, 0.3) is 0 Å². The van der Waals surface area contributed by atoms with Crippen molar-refractivity contribution in [1.82, 2.24) is 16.2 Å². The summed E-state index contributed by atoms with van der Waals surface area (Å²) < 4.78 is 0. The fraction of sp³-hybridized carbons (Fsp3) is 0.571. The standard InChI is InChI=1S/C7H13N3O2S/c1-4(2)6(12)9-10-7(13)8-5(3)11/h4H,1-3H3,(H,9,12)(H2,8,10,11,13). The Hall–Kier alpha value is -1.17. The second-order valence-corrected chi connectivity index (χ2v) is 3.19. The molecule has 6 heteroatoms. The Labute approximate surface area is 82.2 Å². The Morgan fingerprint density at radius 3 is 2.15 bits per heavy atom. The lowest BCUT2D eigenvalue weighted by Gasteiger charge is -2.10. The molecule has 0 aromatic carbocycles. The van der Waals surface area contributed by atoms with Crippen LogP contribution in [0, 0.1) is 5.92 Å². The van der Waals surface area contributed by atoms with Gasteiger partial charge in [0.1, 0.15) is 0 Å². The van der Waals surface area contributed by atoms with Gasteiger partial charge in [0.15, 0.2) is 5.11 Å². The second-order valence-electron chi connectivity index (χ2n) is 2.78. The first-order valence-corrected chi connectivity index (χ1v) is 4.21. The van der Waals surface area contributed by atoms with Crippen LogP contribution in [0.4, 0.5) is 0 Å². The van der Waals surface area contributed by atoms with Crippen LogP contribution in [0.25, 0.3) is 0 Å². The van der Waals surface area contributed by atoms with Crippen molar-refractivity contribution in [2.75, 3.05) is 0 Å². The van der Waals surface area contributed by atoms with E-state index in [0.29, 0.717) is 0 Å². The van der Waals surface area contributed by atoms with Crippen LogP contribution in [0.1, 0.15) is 20.8 Å². The molecule has 2 amide bonds. The molecule has 0 saturated carbocycles. The van der Waals surface area contributed by atoms with E-state index >= 15 is 0 Å². The molecule has 5 nitrogen and oxygen atoms in total. The van der Waals surface area contributed by atoms with E-state index in [1.807, 2.05) is 0 Å². The SMILES string of the molecule is CC(=O)NC(=S)NNC(=O)C(C)C. The Morgan fingerprint density at radius 2 is 1.77 bits per heavy atom. The Kier molecular flexibility index (Phi) is 4.98. The summed E-state index contributed by atoms with van der Waals surface area (Å²) in [4.78, 5) is 21.5. The molecule has 0 atom stereocenters. The van der Waals surface area contributed by atoms with Crippen LogP contribution in [0.5, 0.6) is 0 Å². The molecular formula is C7H13N3O2S. The average Bonchev–Trinajstić information content (AvgIpc) is 1.98. The van der Waals surface area contributed by atoms with Crippen LogP contribution >= 0.6 is 12.2 Å². The first-order chi connectivity index (χ1) is 5.93. The van der Waals surface area contributed by atoms with Crippen molar-refractivity contribution in [3.8, 4) is 0 Å². The number of nitrogens with one attached hydrogen (secondary N) is 3. The number of thiocarbonyl (C=S) groups is 1. The molecule has 0 heterocycles. The average molecular weight is 203 g/mol. The van der Waals surface area contributed by atoms with Gasteiger partial charge in [-0.15, -0.1) is 0 Å². The lowest BCUT2D eigenvalue weighted by Crippen LogP contribution is -2.49. The predicted octanol–water partition coefficient (Wildman–Crippen LogP) is -0.316. The zero-order valence-electron chi connectivity index (χ0n) is 7.80. The molecule has 74 valence electrons. The normalized spacial score (nSPS) is 9.23. The molecule has 0 aliphatic rings. The molecule has 0 rings (SSSR count). The molecule has 13 heavy (non-hydrogen) atoms. The fourth-order valence-corrected chi connectivity index (χ4v) is 0.649. The Balaban J connectivity index is 3.70. The van der Waals surface area contributed by atoms with Crippen molar-refractivity contribution < 1.29 is 9.59 Å². The summed E-state index contributed by atoms with van der Waals surface area (Å²) in [6, 6.07) is 0. The topological polar surface area (TPSA) is 70.2 Å². The fourth-order valence-electron chi connectivity index (χ4n) is 0.454. The summed E-state index contributed by atoms with van der Waals surface area (Å²) in [5, 5.41) is 2.39. The van der Waals surface area contributed by atoms with E-state index in [1.165, 1.54) is 6.92 Å². The van der Waals surface area contributed by atoms with Gasteiger partial charge >= 0.3 is 0 Å². The van der Waals surface area contributed by atoms with Gasteiger partial charge in [-0.05, 0) is 12.2 Å². The van der Waals surface area contributed by atoms with Gasteiger partial charge in [-0.25, -0.2) is 0 Å². The summed E-state index contributed by atoms with van der Waals surface area (Å²) in [7, 11) is 0. The summed E-state index contributed by atoms with van der Waals surface area (Å²) in [6.07, 6.45) is 0. The third-order valence-electron chi connectivity index (χ3n) is 1.11. The highest BCUT2D eigenvalue weighted by Gasteiger charge is 2.06. The van der Waals surface area contributed by atoms with Gasteiger partial charge in [-0.1, -0.05) is 13.8 Å². The quantitative estimate of drug-likeness (QED) is 0.403. The van der Waals surface area contributed by atoms with Gasteiger partial charge in [0.2, 0.25) is 11.8 Å². The van der Waals surface area contributed by atoms with E-state index in [9.17, 15) is 9.59 Å². The number of carbonyl (C=O) groups is 2. The number of hydrazine groups is 1. The number of amides is 2. The third-order valence-corrected chi connectivity index (χ3v) is 1.32. The zero-order chi connectivity index (χ0) is 10.4. The van der Waals surface area contributed by atoms with Crippen molar-refractivity contribution >= 4 is 29.1 Å². The predicted molar refractivity (Wildman–Crippen MR) is 52.5 cm³/mol. The molecule has 0 bridgehead atoms. The van der Waals surface area contributed by atoms with Gasteiger partial charge in [0, 0.05) is 12.8 Å². The van der Waals surface area contributed by atoms with Crippen LogP contribution < -0.4 is 16.2 Å². The highest BCUT2D eigenvalue weighted by Crippen LogP contribution is 1.88. The van der Waals surface area contributed by atoms with Gasteiger partial charge in [-0.3, -0.25) is 20.4 Å². The summed E-state index contributed by atoms with van der Waals surface area (Å²) in [5.41, 5.74) is 4.74. The van der Waals surface area contributed by atoms with Crippen molar-refractivity contribution in [3.63, 3.8) is 0 Å². The van der Waals surface area contributed by atoms with Gasteiger partial charge in [0.05, 0.1) is 0 Å². The molecule has 0 unspecified atom stereocenters. The molecule has 0 spiro atoms. The lowest BCUT2D eigenvalue weighted by atomic mass is 10.2. The van der Waals surface area contributed by atoms with E-state index in [2.05, 4.69) is 28.4 Å². The highest BCUT2D eigenvalue weighted by molar-refractivity contribution is 7.80. The third kappa shape index (κ3) is 6.03. The minimum absolute atomic E-state index is 0.0847. The molecule has 0 saturated heterocycles. The maximum atomic E-state index is 11.0. The van der Waals surface area contributed by atoms with E-state index < -0.39 is 0 Å². The largest absolute Gasteiger partial charge is 0.302 e. The molecule has 0 fully saturated rings. The van der Waals surface area contributed by atoms with E-state index in [0.717, 1.165) is 0 Å². The Morgan fingerprint density at radius 1 is 1.23 bits per heavy atom. The lowest BCUT2D eigenvalue weighted by molar-refractivity contribution is -0.124. The highest BCUT2D eigenvalue weighted by atomic mass is 32.1.